The van der Waals surface area contributed by atoms with Gasteiger partial charge in [-0.1, -0.05) is 0 Å². The normalized spacial score (nSPS) is 31.9. The number of hydrogen-bond donors (Lipinski definition) is 5. The van der Waals surface area contributed by atoms with Crippen LogP contribution in [-0.4, -0.2) is 54.7 Å². The van der Waals surface area contributed by atoms with Gasteiger partial charge in [-0.05, 0) is 6.07 Å². The van der Waals surface area contributed by atoms with Crippen LogP contribution in [0.3, 0.4) is 0 Å². The van der Waals surface area contributed by atoms with Crippen molar-refractivity contribution in [2.45, 2.75) is 24.5 Å². The molecule has 2 heterocycles. The first kappa shape index (κ1) is 16.0. The van der Waals surface area contributed by atoms with Crippen molar-refractivity contribution in [2.75, 3.05) is 11.7 Å². The van der Waals surface area contributed by atoms with E-state index in [2.05, 4.69) is 4.98 Å². The number of anilines is 1. The van der Waals surface area contributed by atoms with Crippen molar-refractivity contribution in [3.63, 3.8) is 0 Å². The fourth-order valence-electron chi connectivity index (χ4n) is 1.92. The molecule has 1 aliphatic heterocycles. The van der Waals surface area contributed by atoms with E-state index < -0.39 is 50.4 Å². The third kappa shape index (κ3) is 3.47. The van der Waals surface area contributed by atoms with Crippen LogP contribution in [0.15, 0.2) is 17.1 Å². The minimum atomic E-state index is -4.85. The van der Waals surface area contributed by atoms with Gasteiger partial charge in [0.25, 0.3) is 0 Å². The number of nitrogens with one attached hydrogen (secondary N) is 1. The molecule has 0 aliphatic carbocycles. The molecule has 5 atom stereocenters. The largest absolute Gasteiger partial charge is 0.762 e. The molecule has 0 spiro atoms. The Hall–Kier alpha value is -1.33. The summed E-state index contributed by atoms with van der Waals surface area (Å²) in [6, 6.07) is 1.05. The molecule has 0 bridgehead atoms. The number of rotatable bonds is 4. The van der Waals surface area contributed by atoms with Crippen LogP contribution in [0.25, 0.3) is 0 Å². The molecule has 0 aromatic carbocycles. The molecule has 2 rings (SSSR count). The predicted molar refractivity (Wildman–Crippen MR) is 65.0 cm³/mol. The maximum Gasteiger partial charge on any atom is 0.351 e. The van der Waals surface area contributed by atoms with E-state index in [-0.39, 0.29) is 0 Å². The summed E-state index contributed by atoms with van der Waals surface area (Å²) in [4.78, 5) is 34.3. The first-order valence-electron chi connectivity index (χ1n) is 5.76. The molecular formula is C9H13N3O8P-. The van der Waals surface area contributed by atoms with Gasteiger partial charge >= 0.3 is 5.69 Å². The first-order valence-corrected chi connectivity index (χ1v) is 7.34. The second-order valence-corrected chi connectivity index (χ2v) is 5.63. The molecule has 1 aliphatic rings. The van der Waals surface area contributed by atoms with Crippen LogP contribution in [0.2, 0.25) is 0 Å². The third-order valence-corrected chi connectivity index (χ3v) is 3.39. The number of aromatic nitrogens is 2. The van der Waals surface area contributed by atoms with Crippen molar-refractivity contribution in [3.8, 4) is 0 Å². The van der Waals surface area contributed by atoms with E-state index in [0.717, 1.165) is 16.8 Å². The average Bonchev–Trinajstić information content (AvgIpc) is 2.65. The van der Waals surface area contributed by atoms with Gasteiger partial charge in [-0.15, -0.1) is 0 Å². The molecule has 12 heteroatoms. The van der Waals surface area contributed by atoms with Gasteiger partial charge in [0.15, 0.2) is 6.23 Å². The SMILES string of the molecule is O=c1nc(NP(=O)([O-])O)ccn1[C@@H]1O[C@H](CO)[C@@H](O)[C@H]1O. The summed E-state index contributed by atoms with van der Waals surface area (Å²) >= 11 is 0. The summed E-state index contributed by atoms with van der Waals surface area (Å²) < 4.78 is 16.6. The first-order chi connectivity index (χ1) is 9.73. The molecule has 1 aromatic rings. The van der Waals surface area contributed by atoms with Gasteiger partial charge in [0.2, 0.25) is 7.75 Å². The molecule has 1 saturated heterocycles. The van der Waals surface area contributed by atoms with E-state index in [4.69, 9.17) is 14.7 Å². The van der Waals surface area contributed by atoms with Gasteiger partial charge in [0.05, 0.1) is 6.61 Å². The highest BCUT2D eigenvalue weighted by atomic mass is 31.2. The summed E-state index contributed by atoms with van der Waals surface area (Å²) in [7, 11) is -4.85. The molecule has 1 fully saturated rings. The number of aliphatic hydroxyl groups is 3. The summed E-state index contributed by atoms with van der Waals surface area (Å²) in [5.74, 6) is -0.413. The van der Waals surface area contributed by atoms with Gasteiger partial charge in [-0.2, -0.15) is 4.98 Å². The molecule has 5 N–H and O–H groups in total. The molecule has 0 saturated carbocycles. The van der Waals surface area contributed by atoms with Crippen LogP contribution >= 0.6 is 7.75 Å². The average molecular weight is 322 g/mol. The highest BCUT2D eigenvalue weighted by molar-refractivity contribution is 7.51. The van der Waals surface area contributed by atoms with Gasteiger partial charge in [0, 0.05) is 6.20 Å². The van der Waals surface area contributed by atoms with E-state index in [1.807, 2.05) is 0 Å². The highest BCUT2D eigenvalue weighted by Gasteiger charge is 2.43. The maximum atomic E-state index is 11.8. The molecule has 1 unspecified atom stereocenters. The lowest BCUT2D eigenvalue weighted by Gasteiger charge is -2.19. The van der Waals surface area contributed by atoms with Crippen LogP contribution in [0.1, 0.15) is 6.23 Å². The number of aliphatic hydroxyl groups excluding tert-OH is 3. The zero-order valence-corrected chi connectivity index (χ0v) is 11.3. The number of ether oxygens (including phenoxy) is 1. The Kier molecular flexibility index (Phi) is 4.44. The minimum absolute atomic E-state index is 0.413. The van der Waals surface area contributed by atoms with Gasteiger partial charge in [-0.25, -0.2) is 4.79 Å². The molecule has 21 heavy (non-hydrogen) atoms. The van der Waals surface area contributed by atoms with E-state index in [9.17, 15) is 24.5 Å². The molecule has 1 aromatic heterocycles. The lowest BCUT2D eigenvalue weighted by atomic mass is 10.1. The van der Waals surface area contributed by atoms with Crippen molar-refractivity contribution >= 4 is 13.6 Å². The van der Waals surface area contributed by atoms with E-state index in [1.54, 1.807) is 5.09 Å². The molecule has 0 amide bonds. The van der Waals surface area contributed by atoms with Gasteiger partial charge in [0.1, 0.15) is 24.1 Å². The van der Waals surface area contributed by atoms with Crippen molar-refractivity contribution in [1.29, 1.82) is 0 Å². The summed E-state index contributed by atoms with van der Waals surface area (Å²) in [6.45, 7) is -0.555. The summed E-state index contributed by atoms with van der Waals surface area (Å²) in [5.41, 5.74) is -0.983. The Morgan fingerprint density at radius 3 is 2.62 bits per heavy atom. The van der Waals surface area contributed by atoms with Crippen LogP contribution in [-0.2, 0) is 9.30 Å². The molecule has 0 radical (unpaired) electrons. The highest BCUT2D eigenvalue weighted by Crippen LogP contribution is 2.30. The minimum Gasteiger partial charge on any atom is -0.762 e. The third-order valence-electron chi connectivity index (χ3n) is 2.88. The Balaban J connectivity index is 2.26. The fraction of sp³-hybridized carbons (Fsp3) is 0.556. The Morgan fingerprint density at radius 1 is 1.48 bits per heavy atom. The zero-order valence-electron chi connectivity index (χ0n) is 10.4. The van der Waals surface area contributed by atoms with Crippen LogP contribution in [0.4, 0.5) is 5.82 Å². The van der Waals surface area contributed by atoms with Gasteiger partial charge in [-0.3, -0.25) is 9.13 Å². The Bertz CT molecular complexity index is 615. The standard InChI is InChI=1S/C9H14N3O8P/c13-3-4-6(14)7(15)8(20-4)12-2-1-5(10-9(12)16)11-21(17,18)19/h1-2,4,6-8,13-15H,3H2,(H3,10,11,16,17,18,19)/p-1/t4-,6-,7-,8-/m1/s1. The van der Waals surface area contributed by atoms with Crippen LogP contribution in [0.5, 0.6) is 0 Å². The summed E-state index contributed by atoms with van der Waals surface area (Å²) in [6.07, 6.45) is -4.13. The van der Waals surface area contributed by atoms with Gasteiger partial charge < -0.3 is 34.9 Å². The van der Waals surface area contributed by atoms with Crippen molar-refractivity contribution in [3.05, 3.63) is 22.7 Å². The van der Waals surface area contributed by atoms with Crippen LogP contribution < -0.4 is 15.7 Å². The second-order valence-electron chi connectivity index (χ2n) is 4.36. The maximum absolute atomic E-state index is 11.8. The van der Waals surface area contributed by atoms with E-state index >= 15 is 0 Å². The lowest BCUT2D eigenvalue weighted by molar-refractivity contribution is -0.191. The smallest absolute Gasteiger partial charge is 0.351 e. The topological polar surface area (TPSA) is 177 Å². The quantitative estimate of drug-likeness (QED) is 0.353. The van der Waals surface area contributed by atoms with E-state index in [1.165, 1.54) is 0 Å². The fourth-order valence-corrected chi connectivity index (χ4v) is 2.34. The molecule has 11 nitrogen and oxygen atoms in total. The number of nitrogens with zero attached hydrogens (tertiary/aromatic N) is 2. The molecular weight excluding hydrogens is 309 g/mol. The van der Waals surface area contributed by atoms with Crippen molar-refractivity contribution < 1.29 is 34.4 Å². The Labute approximate surface area is 117 Å². The van der Waals surface area contributed by atoms with Crippen molar-refractivity contribution in [1.82, 2.24) is 9.55 Å². The lowest BCUT2D eigenvalue weighted by Crippen LogP contribution is -2.36. The van der Waals surface area contributed by atoms with Crippen molar-refractivity contribution in [2.24, 2.45) is 0 Å². The monoisotopic (exact) mass is 322 g/mol. The Morgan fingerprint density at radius 2 is 2.14 bits per heavy atom. The number of hydrogen-bond acceptors (Lipinski definition) is 8. The predicted octanol–water partition coefficient (Wildman–Crippen LogP) is -3.27. The molecule has 118 valence electrons. The van der Waals surface area contributed by atoms with Crippen LogP contribution in [0, 0.1) is 0 Å². The summed E-state index contributed by atoms with van der Waals surface area (Å²) in [5, 5.41) is 29.9. The van der Waals surface area contributed by atoms with E-state index in [0.29, 0.717) is 0 Å². The second kappa shape index (κ2) is 5.81. The zero-order chi connectivity index (χ0) is 15.8.